The molecule has 0 amide bonds. The van der Waals surface area contributed by atoms with Crippen LogP contribution in [-0.2, 0) is 9.47 Å². The minimum atomic E-state index is 0.461. The first kappa shape index (κ1) is 19.2. The van der Waals surface area contributed by atoms with Gasteiger partial charge in [0, 0.05) is 26.7 Å². The van der Waals surface area contributed by atoms with Gasteiger partial charge in [-0.2, -0.15) is 0 Å². The maximum Gasteiger partial charge on any atom is 0.191 e. The lowest BCUT2D eigenvalue weighted by molar-refractivity contribution is 0.0733. The number of rotatable bonds is 10. The maximum absolute atomic E-state index is 5.43. The normalized spacial score (nSPS) is 18.2. The van der Waals surface area contributed by atoms with Gasteiger partial charge in [0.1, 0.15) is 0 Å². The van der Waals surface area contributed by atoms with Crippen molar-refractivity contribution < 1.29 is 9.47 Å². The summed E-state index contributed by atoms with van der Waals surface area (Å²) in [4.78, 5) is 4.27. The lowest BCUT2D eigenvalue weighted by Crippen LogP contribution is -2.43. The molecule has 1 aliphatic carbocycles. The summed E-state index contributed by atoms with van der Waals surface area (Å²) in [6, 6.07) is 0.461. The first-order valence-corrected chi connectivity index (χ1v) is 8.80. The molecule has 5 heteroatoms. The largest absolute Gasteiger partial charge is 0.382 e. The smallest absolute Gasteiger partial charge is 0.191 e. The van der Waals surface area contributed by atoms with E-state index in [1.165, 1.54) is 44.9 Å². The lowest BCUT2D eigenvalue weighted by Gasteiger charge is -2.24. The Labute approximate surface area is 136 Å². The zero-order valence-corrected chi connectivity index (χ0v) is 14.7. The van der Waals surface area contributed by atoms with Crippen molar-refractivity contribution in [1.82, 2.24) is 10.6 Å². The topological polar surface area (TPSA) is 54.9 Å². The highest BCUT2D eigenvalue weighted by Crippen LogP contribution is 2.27. The van der Waals surface area contributed by atoms with Crippen LogP contribution in [0.1, 0.15) is 51.9 Å². The van der Waals surface area contributed by atoms with E-state index in [4.69, 9.17) is 9.47 Å². The van der Waals surface area contributed by atoms with Crippen LogP contribution in [0.25, 0.3) is 0 Å². The van der Waals surface area contributed by atoms with Gasteiger partial charge < -0.3 is 20.1 Å². The molecular weight excluding hydrogens is 278 g/mol. The van der Waals surface area contributed by atoms with E-state index in [1.807, 2.05) is 7.05 Å². The predicted molar refractivity (Wildman–Crippen MR) is 92.5 cm³/mol. The fourth-order valence-electron chi connectivity index (χ4n) is 2.95. The molecule has 22 heavy (non-hydrogen) atoms. The second-order valence-electron chi connectivity index (χ2n) is 6.23. The van der Waals surface area contributed by atoms with Gasteiger partial charge in [-0.25, -0.2) is 0 Å². The molecule has 5 nitrogen and oxygen atoms in total. The third kappa shape index (κ3) is 9.26. The molecule has 0 saturated heterocycles. The zero-order valence-electron chi connectivity index (χ0n) is 14.7. The molecular formula is C17H35N3O2. The van der Waals surface area contributed by atoms with E-state index in [9.17, 15) is 0 Å². The minimum Gasteiger partial charge on any atom is -0.382 e. The summed E-state index contributed by atoms with van der Waals surface area (Å²) in [6.45, 7) is 4.96. The SMILES string of the molecule is CN=C(NCCOCCOC)NC(C)CCC1CCCCC1. The van der Waals surface area contributed by atoms with Gasteiger partial charge in [0.2, 0.25) is 0 Å². The van der Waals surface area contributed by atoms with Crippen molar-refractivity contribution in [2.24, 2.45) is 10.9 Å². The van der Waals surface area contributed by atoms with E-state index in [0.29, 0.717) is 25.9 Å². The Bertz CT molecular complexity index is 292. The van der Waals surface area contributed by atoms with Crippen molar-refractivity contribution in [3.05, 3.63) is 0 Å². The van der Waals surface area contributed by atoms with Crippen LogP contribution in [0.2, 0.25) is 0 Å². The number of aliphatic imine (C=N–C) groups is 1. The van der Waals surface area contributed by atoms with Crippen LogP contribution in [0, 0.1) is 5.92 Å². The van der Waals surface area contributed by atoms with E-state index in [-0.39, 0.29) is 0 Å². The van der Waals surface area contributed by atoms with Gasteiger partial charge in [-0.15, -0.1) is 0 Å². The quantitative estimate of drug-likeness (QED) is 0.370. The second-order valence-corrected chi connectivity index (χ2v) is 6.23. The number of nitrogens with zero attached hydrogens (tertiary/aromatic N) is 1. The summed E-state index contributed by atoms with van der Waals surface area (Å²) in [5.41, 5.74) is 0. The Morgan fingerprint density at radius 2 is 1.95 bits per heavy atom. The molecule has 0 radical (unpaired) electrons. The molecule has 1 aliphatic rings. The highest BCUT2D eigenvalue weighted by atomic mass is 16.5. The standard InChI is InChI=1S/C17H35N3O2/c1-15(9-10-16-7-5-4-6-8-16)20-17(18-2)19-11-12-22-14-13-21-3/h15-16H,4-14H2,1-3H3,(H2,18,19,20). The number of guanidine groups is 1. The van der Waals surface area contributed by atoms with Gasteiger partial charge in [-0.3, -0.25) is 4.99 Å². The summed E-state index contributed by atoms with van der Waals surface area (Å²) in [5.74, 6) is 1.81. The van der Waals surface area contributed by atoms with Gasteiger partial charge in [0.25, 0.3) is 0 Å². The molecule has 1 unspecified atom stereocenters. The van der Waals surface area contributed by atoms with Crippen LogP contribution >= 0.6 is 0 Å². The van der Waals surface area contributed by atoms with Gasteiger partial charge in [0.05, 0.1) is 19.8 Å². The van der Waals surface area contributed by atoms with Crippen molar-refractivity contribution in [3.8, 4) is 0 Å². The van der Waals surface area contributed by atoms with Crippen molar-refractivity contribution in [3.63, 3.8) is 0 Å². The lowest BCUT2D eigenvalue weighted by atomic mass is 9.85. The number of nitrogens with one attached hydrogen (secondary N) is 2. The monoisotopic (exact) mass is 313 g/mol. The minimum absolute atomic E-state index is 0.461. The molecule has 0 aromatic carbocycles. The summed E-state index contributed by atoms with van der Waals surface area (Å²) in [7, 11) is 3.50. The summed E-state index contributed by atoms with van der Waals surface area (Å²) >= 11 is 0. The molecule has 0 aromatic rings. The number of ether oxygens (including phenoxy) is 2. The van der Waals surface area contributed by atoms with E-state index < -0.39 is 0 Å². The third-order valence-corrected chi connectivity index (χ3v) is 4.31. The second kappa shape index (κ2) is 12.7. The van der Waals surface area contributed by atoms with Crippen LogP contribution in [0.3, 0.4) is 0 Å². The fourth-order valence-corrected chi connectivity index (χ4v) is 2.95. The van der Waals surface area contributed by atoms with Gasteiger partial charge in [-0.1, -0.05) is 32.1 Å². The van der Waals surface area contributed by atoms with Gasteiger partial charge in [0.15, 0.2) is 5.96 Å². The molecule has 1 saturated carbocycles. The molecule has 1 atom stereocenters. The van der Waals surface area contributed by atoms with E-state index in [2.05, 4.69) is 22.5 Å². The number of methoxy groups -OCH3 is 1. The Balaban J connectivity index is 2.07. The summed E-state index contributed by atoms with van der Waals surface area (Å²) < 4.78 is 10.4. The van der Waals surface area contributed by atoms with Gasteiger partial charge in [-0.05, 0) is 25.7 Å². The van der Waals surface area contributed by atoms with Crippen LogP contribution in [0.5, 0.6) is 0 Å². The van der Waals surface area contributed by atoms with Crippen molar-refractivity contribution >= 4 is 5.96 Å². The highest BCUT2D eigenvalue weighted by Gasteiger charge is 2.14. The van der Waals surface area contributed by atoms with Crippen molar-refractivity contribution in [2.75, 3.05) is 40.5 Å². The van der Waals surface area contributed by atoms with E-state index in [1.54, 1.807) is 7.11 Å². The molecule has 0 aromatic heterocycles. The van der Waals surface area contributed by atoms with Crippen LogP contribution in [-0.4, -0.2) is 52.5 Å². The van der Waals surface area contributed by atoms with Crippen LogP contribution in [0.4, 0.5) is 0 Å². The van der Waals surface area contributed by atoms with Crippen LogP contribution in [0.15, 0.2) is 4.99 Å². The first-order chi connectivity index (χ1) is 10.8. The molecule has 0 spiro atoms. The van der Waals surface area contributed by atoms with Crippen molar-refractivity contribution in [1.29, 1.82) is 0 Å². The molecule has 1 fully saturated rings. The number of hydrogen-bond donors (Lipinski definition) is 2. The summed E-state index contributed by atoms with van der Waals surface area (Å²) in [5, 5.41) is 6.76. The fraction of sp³-hybridized carbons (Fsp3) is 0.941. The molecule has 0 bridgehead atoms. The molecule has 0 aliphatic heterocycles. The third-order valence-electron chi connectivity index (χ3n) is 4.31. The molecule has 2 N–H and O–H groups in total. The maximum atomic E-state index is 5.43. The Hall–Kier alpha value is -0.810. The molecule has 130 valence electrons. The first-order valence-electron chi connectivity index (χ1n) is 8.80. The highest BCUT2D eigenvalue weighted by molar-refractivity contribution is 5.79. The Kier molecular flexibility index (Phi) is 11.1. The van der Waals surface area contributed by atoms with Crippen molar-refractivity contribution in [2.45, 2.75) is 57.9 Å². The number of hydrogen-bond acceptors (Lipinski definition) is 3. The van der Waals surface area contributed by atoms with Crippen LogP contribution < -0.4 is 10.6 Å². The predicted octanol–water partition coefficient (Wildman–Crippen LogP) is 2.56. The van der Waals surface area contributed by atoms with Gasteiger partial charge >= 0.3 is 0 Å². The van der Waals surface area contributed by atoms with E-state index in [0.717, 1.165) is 18.4 Å². The Morgan fingerprint density at radius 1 is 1.18 bits per heavy atom. The average molecular weight is 313 g/mol. The molecule has 1 rings (SSSR count). The summed E-state index contributed by atoms with van der Waals surface area (Å²) in [6.07, 6.45) is 9.71. The zero-order chi connectivity index (χ0) is 16.0. The average Bonchev–Trinajstić information content (AvgIpc) is 2.56. The Morgan fingerprint density at radius 3 is 2.64 bits per heavy atom. The molecule has 0 heterocycles. The van der Waals surface area contributed by atoms with E-state index >= 15 is 0 Å².